The average molecular weight is 411 g/mol. The maximum atomic E-state index is 12.1. The number of methoxy groups -OCH3 is 1. The monoisotopic (exact) mass is 411 g/mol. The standard InChI is InChI=1S/C19H21N7O4/c1-24(15-7-4-3-6-14(15)19(27)30-2)18-16(26(28)29)17(22-12-23-18)21-8-5-10-25-11-9-20-13-25/h3-4,6-7,9,11-13H,5,8,10H2,1-2H3,(H,21,22,23). The highest BCUT2D eigenvalue weighted by molar-refractivity contribution is 5.97. The molecule has 0 saturated carbocycles. The Morgan fingerprint density at radius 2 is 2.13 bits per heavy atom. The zero-order chi connectivity index (χ0) is 21.5. The van der Waals surface area contributed by atoms with Crippen LogP contribution in [0.15, 0.2) is 49.3 Å². The van der Waals surface area contributed by atoms with Crippen LogP contribution in [0.4, 0.5) is 23.0 Å². The third-order valence-electron chi connectivity index (χ3n) is 4.42. The molecule has 0 aliphatic rings. The number of rotatable bonds is 9. The quantitative estimate of drug-likeness (QED) is 0.244. The molecular formula is C19H21N7O4. The van der Waals surface area contributed by atoms with Crippen molar-refractivity contribution in [3.63, 3.8) is 0 Å². The first-order chi connectivity index (χ1) is 14.5. The number of nitrogens with zero attached hydrogens (tertiary/aromatic N) is 6. The summed E-state index contributed by atoms with van der Waals surface area (Å²) in [4.78, 5) is 37.0. The Balaban J connectivity index is 1.85. The zero-order valence-electron chi connectivity index (χ0n) is 16.6. The second-order valence-electron chi connectivity index (χ2n) is 6.30. The number of hydrogen-bond acceptors (Lipinski definition) is 9. The topological polar surface area (TPSA) is 128 Å². The number of carbonyl (C=O) groups is 1. The molecule has 3 aromatic rings. The third-order valence-corrected chi connectivity index (χ3v) is 4.42. The zero-order valence-corrected chi connectivity index (χ0v) is 16.6. The maximum Gasteiger partial charge on any atom is 0.353 e. The van der Waals surface area contributed by atoms with Gasteiger partial charge in [0, 0.05) is 32.5 Å². The van der Waals surface area contributed by atoms with Gasteiger partial charge in [-0.3, -0.25) is 10.1 Å². The predicted octanol–water partition coefficient (Wildman–Crippen LogP) is 2.64. The van der Waals surface area contributed by atoms with Crippen molar-refractivity contribution >= 4 is 29.0 Å². The lowest BCUT2D eigenvalue weighted by atomic mass is 10.1. The molecule has 156 valence electrons. The molecule has 3 rings (SSSR count). The van der Waals surface area contributed by atoms with Crippen molar-refractivity contribution in [1.29, 1.82) is 0 Å². The van der Waals surface area contributed by atoms with E-state index in [2.05, 4.69) is 20.3 Å². The lowest BCUT2D eigenvalue weighted by molar-refractivity contribution is -0.383. The fraction of sp³-hybridized carbons (Fsp3) is 0.263. The van der Waals surface area contributed by atoms with Gasteiger partial charge in [0.05, 0.1) is 29.6 Å². The van der Waals surface area contributed by atoms with Gasteiger partial charge < -0.3 is 19.5 Å². The molecule has 1 aromatic carbocycles. The number of aryl methyl sites for hydroxylation is 1. The highest BCUT2D eigenvalue weighted by Crippen LogP contribution is 2.36. The molecular weight excluding hydrogens is 390 g/mol. The summed E-state index contributed by atoms with van der Waals surface area (Å²) >= 11 is 0. The van der Waals surface area contributed by atoms with Crippen molar-refractivity contribution in [3.8, 4) is 0 Å². The fourth-order valence-electron chi connectivity index (χ4n) is 2.96. The van der Waals surface area contributed by atoms with Gasteiger partial charge >= 0.3 is 11.7 Å². The molecule has 0 bridgehead atoms. The van der Waals surface area contributed by atoms with Crippen LogP contribution in [0, 0.1) is 10.1 Å². The molecule has 11 heteroatoms. The van der Waals surface area contributed by atoms with Crippen LogP contribution in [0.2, 0.25) is 0 Å². The molecule has 0 fully saturated rings. The summed E-state index contributed by atoms with van der Waals surface area (Å²) in [5, 5.41) is 14.8. The Hall–Kier alpha value is -4.02. The first kappa shape index (κ1) is 20.7. The molecule has 2 heterocycles. The van der Waals surface area contributed by atoms with Crippen LogP contribution in [0.3, 0.4) is 0 Å². The predicted molar refractivity (Wildman–Crippen MR) is 110 cm³/mol. The number of imidazole rings is 1. The summed E-state index contributed by atoms with van der Waals surface area (Å²) in [5.41, 5.74) is 0.421. The molecule has 0 aliphatic carbocycles. The summed E-state index contributed by atoms with van der Waals surface area (Å²) in [7, 11) is 2.87. The van der Waals surface area contributed by atoms with Crippen molar-refractivity contribution < 1.29 is 14.5 Å². The van der Waals surface area contributed by atoms with E-state index in [1.165, 1.54) is 18.3 Å². The Morgan fingerprint density at radius 3 is 2.83 bits per heavy atom. The molecule has 0 amide bonds. The summed E-state index contributed by atoms with van der Waals surface area (Å²) < 4.78 is 6.73. The van der Waals surface area contributed by atoms with E-state index in [4.69, 9.17) is 4.74 Å². The van der Waals surface area contributed by atoms with E-state index in [0.29, 0.717) is 25.2 Å². The van der Waals surface area contributed by atoms with Gasteiger partial charge in [-0.2, -0.15) is 0 Å². The SMILES string of the molecule is COC(=O)c1ccccc1N(C)c1ncnc(NCCCn2ccnc2)c1[N+](=O)[O-]. The van der Waals surface area contributed by atoms with Crippen LogP contribution in [0.25, 0.3) is 0 Å². The summed E-state index contributed by atoms with van der Waals surface area (Å²) in [6.07, 6.45) is 7.21. The number of benzene rings is 1. The Bertz CT molecular complexity index is 1020. The number of nitrogens with one attached hydrogen (secondary N) is 1. The van der Waals surface area contributed by atoms with Gasteiger partial charge in [0.25, 0.3) is 0 Å². The minimum Gasteiger partial charge on any atom is -0.465 e. The van der Waals surface area contributed by atoms with Gasteiger partial charge in [-0.05, 0) is 18.6 Å². The number of nitro groups is 1. The molecule has 30 heavy (non-hydrogen) atoms. The molecule has 0 unspecified atom stereocenters. The van der Waals surface area contributed by atoms with Crippen molar-refractivity contribution in [2.24, 2.45) is 0 Å². The molecule has 2 aromatic heterocycles. The van der Waals surface area contributed by atoms with E-state index in [-0.39, 0.29) is 22.9 Å². The number of carbonyl (C=O) groups excluding carboxylic acids is 1. The molecule has 0 saturated heterocycles. The lowest BCUT2D eigenvalue weighted by Crippen LogP contribution is -2.19. The summed E-state index contributed by atoms with van der Waals surface area (Å²) in [6.45, 7) is 1.18. The van der Waals surface area contributed by atoms with Gasteiger partial charge in [-0.1, -0.05) is 12.1 Å². The van der Waals surface area contributed by atoms with E-state index < -0.39 is 10.9 Å². The van der Waals surface area contributed by atoms with E-state index >= 15 is 0 Å². The Labute approximate surface area is 172 Å². The molecule has 11 nitrogen and oxygen atoms in total. The first-order valence-corrected chi connectivity index (χ1v) is 9.13. The van der Waals surface area contributed by atoms with Crippen molar-refractivity contribution in [2.45, 2.75) is 13.0 Å². The van der Waals surface area contributed by atoms with Crippen LogP contribution < -0.4 is 10.2 Å². The van der Waals surface area contributed by atoms with Gasteiger partial charge in [-0.15, -0.1) is 0 Å². The fourth-order valence-corrected chi connectivity index (χ4v) is 2.96. The summed E-state index contributed by atoms with van der Waals surface area (Å²) in [6, 6.07) is 6.65. The second-order valence-corrected chi connectivity index (χ2v) is 6.30. The number of hydrogen-bond donors (Lipinski definition) is 1. The van der Waals surface area contributed by atoms with Crippen molar-refractivity contribution in [1.82, 2.24) is 19.5 Å². The molecule has 1 N–H and O–H groups in total. The number of anilines is 3. The summed E-state index contributed by atoms with van der Waals surface area (Å²) in [5.74, 6) is -0.381. The Morgan fingerprint density at radius 1 is 1.33 bits per heavy atom. The number of esters is 1. The molecule has 0 radical (unpaired) electrons. The average Bonchev–Trinajstić information content (AvgIpc) is 3.29. The first-order valence-electron chi connectivity index (χ1n) is 9.13. The van der Waals surface area contributed by atoms with Crippen LogP contribution in [-0.2, 0) is 11.3 Å². The van der Waals surface area contributed by atoms with Crippen LogP contribution in [0.1, 0.15) is 16.8 Å². The number of para-hydroxylation sites is 1. The molecule has 0 atom stereocenters. The maximum absolute atomic E-state index is 12.1. The van der Waals surface area contributed by atoms with Crippen molar-refractivity contribution in [3.05, 3.63) is 65.0 Å². The van der Waals surface area contributed by atoms with Crippen LogP contribution in [-0.4, -0.2) is 51.1 Å². The van der Waals surface area contributed by atoms with Crippen LogP contribution >= 0.6 is 0 Å². The molecule has 0 spiro atoms. The minimum atomic E-state index is -0.549. The minimum absolute atomic E-state index is 0.0588. The van der Waals surface area contributed by atoms with E-state index in [1.807, 2.05) is 10.8 Å². The van der Waals surface area contributed by atoms with Gasteiger partial charge in [-0.25, -0.2) is 19.7 Å². The second kappa shape index (κ2) is 9.45. The van der Waals surface area contributed by atoms with Gasteiger partial charge in [0.2, 0.25) is 11.6 Å². The smallest absolute Gasteiger partial charge is 0.353 e. The molecule has 0 aliphatic heterocycles. The van der Waals surface area contributed by atoms with E-state index in [0.717, 1.165) is 0 Å². The largest absolute Gasteiger partial charge is 0.465 e. The van der Waals surface area contributed by atoms with E-state index in [1.54, 1.807) is 43.8 Å². The Kier molecular flexibility index (Phi) is 6.53. The highest BCUT2D eigenvalue weighted by Gasteiger charge is 2.27. The highest BCUT2D eigenvalue weighted by atomic mass is 16.6. The van der Waals surface area contributed by atoms with Gasteiger partial charge in [0.15, 0.2) is 0 Å². The lowest BCUT2D eigenvalue weighted by Gasteiger charge is -2.21. The van der Waals surface area contributed by atoms with Gasteiger partial charge in [0.1, 0.15) is 6.33 Å². The number of aromatic nitrogens is 4. The van der Waals surface area contributed by atoms with E-state index in [9.17, 15) is 14.9 Å². The third kappa shape index (κ3) is 4.51. The number of ether oxygens (including phenoxy) is 1. The van der Waals surface area contributed by atoms with Crippen molar-refractivity contribution in [2.75, 3.05) is 30.9 Å². The van der Waals surface area contributed by atoms with Crippen LogP contribution in [0.5, 0.6) is 0 Å². The normalized spacial score (nSPS) is 10.5.